The second-order valence-electron chi connectivity index (χ2n) is 4.12. The van der Waals surface area contributed by atoms with Crippen LogP contribution in [-0.2, 0) is 6.42 Å². The molecule has 66 valence electrons. The number of rotatable bonds is 0. The smallest absolute Gasteiger partial charge is 0.0483 e. The van der Waals surface area contributed by atoms with Crippen molar-refractivity contribution < 1.29 is 0 Å². The average molecular weight is 171 g/mol. The molecule has 1 heterocycles. The molecule has 0 aromatic heterocycles. The molecular formula is C12H13N. The minimum atomic E-state index is 0.337. The first-order chi connectivity index (χ1) is 6.38. The van der Waals surface area contributed by atoms with Gasteiger partial charge in [0.2, 0.25) is 0 Å². The zero-order valence-corrected chi connectivity index (χ0v) is 7.59. The zero-order valence-electron chi connectivity index (χ0n) is 7.59. The van der Waals surface area contributed by atoms with Crippen LogP contribution in [0, 0.1) is 0 Å². The van der Waals surface area contributed by atoms with Gasteiger partial charge in [-0.1, -0.05) is 30.4 Å². The minimum Gasteiger partial charge on any atom is -0.378 e. The third-order valence-electron chi connectivity index (χ3n) is 3.13. The van der Waals surface area contributed by atoms with Gasteiger partial charge in [0, 0.05) is 11.2 Å². The Morgan fingerprint density at radius 3 is 2.62 bits per heavy atom. The molecule has 1 aliphatic carbocycles. The van der Waals surface area contributed by atoms with Gasteiger partial charge in [0.15, 0.2) is 0 Å². The highest BCUT2D eigenvalue weighted by atomic mass is 15.0. The molecule has 1 aromatic carbocycles. The Labute approximate surface area is 78.5 Å². The van der Waals surface area contributed by atoms with Crippen molar-refractivity contribution in [1.29, 1.82) is 0 Å². The number of hydrogen-bond donors (Lipinski definition) is 1. The van der Waals surface area contributed by atoms with Crippen LogP contribution < -0.4 is 5.32 Å². The van der Waals surface area contributed by atoms with E-state index in [9.17, 15) is 0 Å². The molecule has 3 rings (SSSR count). The van der Waals surface area contributed by atoms with Gasteiger partial charge in [-0.3, -0.25) is 0 Å². The van der Waals surface area contributed by atoms with Crippen molar-refractivity contribution in [2.45, 2.75) is 24.8 Å². The number of fused-ring (bicyclic) bond motifs is 1. The van der Waals surface area contributed by atoms with Crippen molar-refractivity contribution in [1.82, 2.24) is 0 Å². The van der Waals surface area contributed by atoms with Crippen molar-refractivity contribution >= 4 is 5.69 Å². The first-order valence-electron chi connectivity index (χ1n) is 4.89. The Hall–Kier alpha value is -1.24. The van der Waals surface area contributed by atoms with Gasteiger partial charge in [0.05, 0.1) is 0 Å². The Morgan fingerprint density at radius 2 is 1.85 bits per heavy atom. The molecule has 13 heavy (non-hydrogen) atoms. The van der Waals surface area contributed by atoms with Crippen LogP contribution in [0.15, 0.2) is 36.4 Å². The lowest BCUT2D eigenvalue weighted by Gasteiger charge is -2.23. The van der Waals surface area contributed by atoms with Crippen LogP contribution in [0.25, 0.3) is 0 Å². The van der Waals surface area contributed by atoms with Crippen LogP contribution in [0.3, 0.4) is 0 Å². The summed E-state index contributed by atoms with van der Waals surface area (Å²) in [6, 6.07) is 8.65. The second-order valence-corrected chi connectivity index (χ2v) is 4.12. The van der Waals surface area contributed by atoms with E-state index < -0.39 is 0 Å². The molecule has 0 radical (unpaired) electrons. The van der Waals surface area contributed by atoms with Crippen LogP contribution in [0.4, 0.5) is 5.69 Å². The molecule has 1 N–H and O–H groups in total. The molecule has 0 amide bonds. The molecule has 1 nitrogen and oxygen atoms in total. The van der Waals surface area contributed by atoms with Gasteiger partial charge in [-0.05, 0) is 30.9 Å². The van der Waals surface area contributed by atoms with Crippen molar-refractivity contribution in [3.63, 3.8) is 0 Å². The largest absolute Gasteiger partial charge is 0.378 e. The molecule has 0 saturated heterocycles. The molecule has 0 saturated carbocycles. The maximum atomic E-state index is 3.65. The summed E-state index contributed by atoms with van der Waals surface area (Å²) >= 11 is 0. The summed E-state index contributed by atoms with van der Waals surface area (Å²) in [4.78, 5) is 0. The third kappa shape index (κ3) is 0.998. The van der Waals surface area contributed by atoms with Gasteiger partial charge in [-0.15, -0.1) is 0 Å². The van der Waals surface area contributed by atoms with Gasteiger partial charge in [-0.25, -0.2) is 0 Å². The summed E-state index contributed by atoms with van der Waals surface area (Å²) in [5.74, 6) is 0. The molecule has 0 unspecified atom stereocenters. The fraction of sp³-hybridized carbons (Fsp3) is 0.333. The van der Waals surface area contributed by atoms with Crippen LogP contribution in [-0.4, -0.2) is 5.54 Å². The highest BCUT2D eigenvalue weighted by Gasteiger charge is 2.36. The normalized spacial score (nSPS) is 21.8. The third-order valence-corrected chi connectivity index (χ3v) is 3.13. The van der Waals surface area contributed by atoms with Gasteiger partial charge >= 0.3 is 0 Å². The second kappa shape index (κ2) is 2.38. The first-order valence-corrected chi connectivity index (χ1v) is 4.89. The van der Waals surface area contributed by atoms with E-state index in [0.29, 0.717) is 5.54 Å². The van der Waals surface area contributed by atoms with E-state index in [1.165, 1.54) is 30.5 Å². The summed E-state index contributed by atoms with van der Waals surface area (Å²) in [5.41, 5.74) is 3.15. The fourth-order valence-electron chi connectivity index (χ4n) is 2.44. The Kier molecular flexibility index (Phi) is 1.32. The van der Waals surface area contributed by atoms with Crippen molar-refractivity contribution in [3.8, 4) is 0 Å². The van der Waals surface area contributed by atoms with Crippen LogP contribution in [0.5, 0.6) is 0 Å². The molecule has 1 aliphatic heterocycles. The number of nitrogens with one attached hydrogen (secondary N) is 1. The quantitative estimate of drug-likeness (QED) is 0.592. The monoisotopic (exact) mass is 171 g/mol. The molecular weight excluding hydrogens is 158 g/mol. The van der Waals surface area contributed by atoms with E-state index in [4.69, 9.17) is 0 Å². The zero-order chi connectivity index (χ0) is 8.73. The van der Waals surface area contributed by atoms with E-state index >= 15 is 0 Å². The Morgan fingerprint density at radius 1 is 1.08 bits per heavy atom. The van der Waals surface area contributed by atoms with E-state index in [1.54, 1.807) is 0 Å². The summed E-state index contributed by atoms with van der Waals surface area (Å²) in [6.45, 7) is 0. The molecule has 2 aliphatic rings. The first kappa shape index (κ1) is 7.19. The summed E-state index contributed by atoms with van der Waals surface area (Å²) < 4.78 is 0. The number of hydrogen-bond acceptors (Lipinski definition) is 1. The highest BCUT2D eigenvalue weighted by Crippen LogP contribution is 2.39. The number of benzene rings is 1. The lowest BCUT2D eigenvalue weighted by molar-refractivity contribution is 0.520. The predicted molar refractivity (Wildman–Crippen MR) is 54.9 cm³/mol. The molecule has 1 aromatic rings. The standard InChI is InChI=1S/C12H13N/c1-2-6-11-10(5-1)9-12(13-11)7-3-4-8-12/h1-6,13H,7-9H2. The molecule has 1 heteroatoms. The van der Waals surface area contributed by atoms with Gasteiger partial charge in [-0.2, -0.15) is 0 Å². The summed E-state index contributed by atoms with van der Waals surface area (Å²) in [6.07, 6.45) is 8.14. The molecule has 1 spiro atoms. The van der Waals surface area contributed by atoms with E-state index in [1.807, 2.05) is 0 Å². The Balaban J connectivity index is 1.97. The van der Waals surface area contributed by atoms with Gasteiger partial charge in [0.25, 0.3) is 0 Å². The number of para-hydroxylation sites is 1. The van der Waals surface area contributed by atoms with Crippen molar-refractivity contribution in [2.75, 3.05) is 5.32 Å². The molecule has 0 atom stereocenters. The average Bonchev–Trinajstić information content (AvgIpc) is 2.72. The molecule has 0 fully saturated rings. The molecule has 0 bridgehead atoms. The highest BCUT2D eigenvalue weighted by molar-refractivity contribution is 5.59. The Bertz CT molecular complexity index is 330. The van der Waals surface area contributed by atoms with Gasteiger partial charge < -0.3 is 5.32 Å². The van der Waals surface area contributed by atoms with Crippen LogP contribution in [0.2, 0.25) is 0 Å². The minimum absolute atomic E-state index is 0.337. The van der Waals surface area contributed by atoms with Crippen molar-refractivity contribution in [2.24, 2.45) is 0 Å². The maximum absolute atomic E-state index is 3.65. The maximum Gasteiger partial charge on any atom is 0.0483 e. The van der Waals surface area contributed by atoms with Crippen molar-refractivity contribution in [3.05, 3.63) is 42.0 Å². The topological polar surface area (TPSA) is 12.0 Å². The number of anilines is 1. The van der Waals surface area contributed by atoms with Gasteiger partial charge in [0.1, 0.15) is 0 Å². The summed E-state index contributed by atoms with van der Waals surface area (Å²) in [5, 5.41) is 3.65. The fourth-order valence-corrected chi connectivity index (χ4v) is 2.44. The SMILES string of the molecule is C1=CCC2(C1)Cc1ccccc1N2. The van der Waals surface area contributed by atoms with Crippen LogP contribution in [0.1, 0.15) is 18.4 Å². The predicted octanol–water partition coefficient (Wildman–Crippen LogP) is 2.74. The van der Waals surface area contributed by atoms with Crippen LogP contribution >= 0.6 is 0 Å². The lowest BCUT2D eigenvalue weighted by Crippen LogP contribution is -2.32. The lowest BCUT2D eigenvalue weighted by atomic mass is 9.93. The van der Waals surface area contributed by atoms with E-state index in [-0.39, 0.29) is 0 Å². The van der Waals surface area contributed by atoms with E-state index in [0.717, 1.165) is 0 Å². The summed E-state index contributed by atoms with van der Waals surface area (Å²) in [7, 11) is 0. The van der Waals surface area contributed by atoms with E-state index in [2.05, 4.69) is 41.7 Å².